The summed E-state index contributed by atoms with van der Waals surface area (Å²) in [6.45, 7) is 7.94. The molecule has 6 heteroatoms. The molecule has 0 aromatic rings. The van der Waals surface area contributed by atoms with Gasteiger partial charge in [0.25, 0.3) is 0 Å². The molecule has 0 spiro atoms. The molecule has 1 N–H and O–H groups in total. The third-order valence-corrected chi connectivity index (χ3v) is 3.52. The van der Waals surface area contributed by atoms with Crippen LogP contribution in [0.3, 0.4) is 0 Å². The Kier molecular flexibility index (Phi) is 7.98. The van der Waals surface area contributed by atoms with E-state index in [0.29, 0.717) is 19.0 Å². The van der Waals surface area contributed by atoms with Crippen LogP contribution in [0.1, 0.15) is 40.0 Å². The van der Waals surface area contributed by atoms with Gasteiger partial charge in [0.1, 0.15) is 0 Å². The molecular formula is C15H29F3N2O. The molecular weight excluding hydrogens is 281 g/mol. The van der Waals surface area contributed by atoms with Crippen LogP contribution in [-0.2, 0) is 4.74 Å². The summed E-state index contributed by atoms with van der Waals surface area (Å²) < 4.78 is 43.5. The summed E-state index contributed by atoms with van der Waals surface area (Å²) in [5.41, 5.74) is 0. The molecule has 0 amide bonds. The lowest BCUT2D eigenvalue weighted by Crippen LogP contribution is -2.40. The molecule has 1 heterocycles. The Morgan fingerprint density at radius 3 is 2.48 bits per heavy atom. The molecule has 2 unspecified atom stereocenters. The van der Waals surface area contributed by atoms with Crippen LogP contribution in [0.15, 0.2) is 0 Å². The van der Waals surface area contributed by atoms with Crippen LogP contribution in [0, 0.1) is 5.92 Å². The summed E-state index contributed by atoms with van der Waals surface area (Å²) in [6, 6.07) is 0. The van der Waals surface area contributed by atoms with E-state index in [2.05, 4.69) is 19.2 Å². The lowest BCUT2D eigenvalue weighted by molar-refractivity contribution is -0.149. The second-order valence-electron chi connectivity index (χ2n) is 6.36. The Bertz CT molecular complexity index is 285. The highest BCUT2D eigenvalue weighted by Gasteiger charge is 2.33. The van der Waals surface area contributed by atoms with Gasteiger partial charge in [-0.15, -0.1) is 0 Å². The third kappa shape index (κ3) is 8.63. The van der Waals surface area contributed by atoms with Gasteiger partial charge >= 0.3 is 6.18 Å². The molecule has 0 aromatic carbocycles. The zero-order valence-corrected chi connectivity index (χ0v) is 13.4. The maximum atomic E-state index is 12.5. The normalized spacial score (nSPS) is 23.4. The minimum atomic E-state index is -4.13. The van der Waals surface area contributed by atoms with Crippen molar-refractivity contribution in [3.8, 4) is 0 Å². The number of halogens is 3. The van der Waals surface area contributed by atoms with Crippen molar-refractivity contribution in [1.82, 2.24) is 10.2 Å². The summed E-state index contributed by atoms with van der Waals surface area (Å²) >= 11 is 0. The predicted molar refractivity (Wildman–Crippen MR) is 78.4 cm³/mol. The fourth-order valence-corrected chi connectivity index (χ4v) is 2.69. The minimum absolute atomic E-state index is 0.0650. The molecule has 2 atom stereocenters. The van der Waals surface area contributed by atoms with Crippen LogP contribution in [0.4, 0.5) is 13.2 Å². The summed E-state index contributed by atoms with van der Waals surface area (Å²) in [5.74, 6) is 0.592. The molecule has 1 aliphatic heterocycles. The van der Waals surface area contributed by atoms with Crippen LogP contribution in [0.2, 0.25) is 0 Å². The molecule has 0 aliphatic carbocycles. The Labute approximate surface area is 126 Å². The highest BCUT2D eigenvalue weighted by Crippen LogP contribution is 2.22. The Morgan fingerprint density at radius 2 is 1.90 bits per heavy atom. The van der Waals surface area contributed by atoms with Crippen LogP contribution >= 0.6 is 0 Å². The van der Waals surface area contributed by atoms with Gasteiger partial charge in [0.05, 0.1) is 18.8 Å². The lowest BCUT2D eigenvalue weighted by atomic mass is 10.1. The molecule has 0 aromatic heterocycles. The number of nitrogens with zero attached hydrogens (tertiary/aromatic N) is 1. The van der Waals surface area contributed by atoms with E-state index in [9.17, 15) is 13.2 Å². The maximum Gasteiger partial charge on any atom is 0.401 e. The van der Waals surface area contributed by atoms with E-state index in [-0.39, 0.29) is 12.2 Å². The molecule has 0 radical (unpaired) electrons. The summed E-state index contributed by atoms with van der Waals surface area (Å²) in [5, 5.41) is 3.35. The van der Waals surface area contributed by atoms with Gasteiger partial charge in [-0.2, -0.15) is 13.2 Å². The van der Waals surface area contributed by atoms with Gasteiger partial charge in [0.2, 0.25) is 0 Å². The van der Waals surface area contributed by atoms with E-state index in [1.54, 1.807) is 0 Å². The van der Waals surface area contributed by atoms with Gasteiger partial charge in [-0.25, -0.2) is 0 Å². The van der Waals surface area contributed by atoms with Gasteiger partial charge in [-0.05, 0) is 38.3 Å². The number of rotatable bonds is 9. The summed E-state index contributed by atoms with van der Waals surface area (Å²) in [7, 11) is 0. The molecule has 126 valence electrons. The highest BCUT2D eigenvalue weighted by molar-refractivity contribution is 4.79. The fraction of sp³-hybridized carbons (Fsp3) is 1.00. The molecule has 1 fully saturated rings. The first-order valence-corrected chi connectivity index (χ1v) is 7.95. The van der Waals surface area contributed by atoms with E-state index in [1.165, 1.54) is 4.90 Å². The Balaban J connectivity index is 2.30. The lowest BCUT2D eigenvalue weighted by Gasteiger charge is -2.26. The fourth-order valence-electron chi connectivity index (χ4n) is 2.69. The van der Waals surface area contributed by atoms with Crippen molar-refractivity contribution in [1.29, 1.82) is 0 Å². The quantitative estimate of drug-likeness (QED) is 0.708. The average Bonchev–Trinajstić information content (AvgIpc) is 2.74. The standard InChI is InChI=1S/C15H29F3N2O/c1-4-7-20(11-15(16,17)18)10-14-6-5-13(21-14)9-19-8-12(2)3/h12-14,19H,4-11H2,1-3H3. The predicted octanol–water partition coefficient (Wildman–Crippen LogP) is 3.05. The molecule has 1 rings (SSSR count). The number of ether oxygens (including phenoxy) is 1. The van der Waals surface area contributed by atoms with Gasteiger partial charge in [-0.1, -0.05) is 20.8 Å². The number of alkyl halides is 3. The minimum Gasteiger partial charge on any atom is -0.372 e. The highest BCUT2D eigenvalue weighted by atomic mass is 19.4. The van der Waals surface area contributed by atoms with Crippen molar-refractivity contribution in [2.45, 2.75) is 58.4 Å². The molecule has 21 heavy (non-hydrogen) atoms. The zero-order chi connectivity index (χ0) is 15.9. The SMILES string of the molecule is CCCN(CC1CCC(CNCC(C)C)O1)CC(F)(F)F. The Hall–Kier alpha value is -0.330. The van der Waals surface area contributed by atoms with Crippen molar-refractivity contribution in [2.24, 2.45) is 5.92 Å². The van der Waals surface area contributed by atoms with Gasteiger partial charge in [0.15, 0.2) is 0 Å². The van der Waals surface area contributed by atoms with Crippen LogP contribution in [0.25, 0.3) is 0 Å². The second kappa shape index (κ2) is 8.96. The van der Waals surface area contributed by atoms with Gasteiger partial charge in [0, 0.05) is 13.1 Å². The first kappa shape index (κ1) is 18.7. The molecule has 1 saturated heterocycles. The van der Waals surface area contributed by atoms with Crippen molar-refractivity contribution in [3.05, 3.63) is 0 Å². The third-order valence-electron chi connectivity index (χ3n) is 3.52. The molecule has 0 bridgehead atoms. The van der Waals surface area contributed by atoms with E-state index in [0.717, 1.165) is 32.4 Å². The van der Waals surface area contributed by atoms with Crippen LogP contribution in [0.5, 0.6) is 0 Å². The smallest absolute Gasteiger partial charge is 0.372 e. The second-order valence-corrected chi connectivity index (χ2v) is 6.36. The Morgan fingerprint density at radius 1 is 1.24 bits per heavy atom. The van der Waals surface area contributed by atoms with Gasteiger partial charge in [-0.3, -0.25) is 4.90 Å². The number of hydrogen-bond donors (Lipinski definition) is 1. The van der Waals surface area contributed by atoms with Crippen molar-refractivity contribution in [2.75, 3.05) is 32.7 Å². The van der Waals surface area contributed by atoms with E-state index in [4.69, 9.17) is 4.74 Å². The summed E-state index contributed by atoms with van der Waals surface area (Å²) in [4.78, 5) is 1.47. The average molecular weight is 310 g/mol. The summed E-state index contributed by atoms with van der Waals surface area (Å²) in [6.07, 6.45) is -1.55. The van der Waals surface area contributed by atoms with E-state index >= 15 is 0 Å². The topological polar surface area (TPSA) is 24.5 Å². The largest absolute Gasteiger partial charge is 0.401 e. The molecule has 1 aliphatic rings. The van der Waals surface area contributed by atoms with Crippen molar-refractivity contribution >= 4 is 0 Å². The monoisotopic (exact) mass is 310 g/mol. The first-order valence-electron chi connectivity index (χ1n) is 7.95. The van der Waals surface area contributed by atoms with Gasteiger partial charge < -0.3 is 10.1 Å². The van der Waals surface area contributed by atoms with Crippen molar-refractivity contribution in [3.63, 3.8) is 0 Å². The first-order chi connectivity index (χ1) is 9.80. The molecule has 3 nitrogen and oxygen atoms in total. The maximum absolute atomic E-state index is 12.5. The van der Waals surface area contributed by atoms with E-state index in [1.807, 2.05) is 6.92 Å². The van der Waals surface area contributed by atoms with E-state index < -0.39 is 12.7 Å². The number of nitrogens with one attached hydrogen (secondary N) is 1. The number of hydrogen-bond acceptors (Lipinski definition) is 3. The van der Waals surface area contributed by atoms with Crippen LogP contribution < -0.4 is 5.32 Å². The van der Waals surface area contributed by atoms with Crippen molar-refractivity contribution < 1.29 is 17.9 Å². The zero-order valence-electron chi connectivity index (χ0n) is 13.4. The van der Waals surface area contributed by atoms with Crippen LogP contribution in [-0.4, -0.2) is 56.0 Å². The molecule has 0 saturated carbocycles.